The number of hydrogen-bond acceptors (Lipinski definition) is 3. The number of urea groups is 1. The fourth-order valence-electron chi connectivity index (χ4n) is 3.18. The fraction of sp³-hybridized carbons (Fsp3) is 0.611. The third-order valence-corrected chi connectivity index (χ3v) is 4.51. The van der Waals surface area contributed by atoms with Gasteiger partial charge < -0.3 is 20.6 Å². The molecular formula is C18H29N3O2. The van der Waals surface area contributed by atoms with Crippen LogP contribution in [0.15, 0.2) is 18.2 Å². The van der Waals surface area contributed by atoms with Gasteiger partial charge in [-0.05, 0) is 43.4 Å². The molecular weight excluding hydrogens is 290 g/mol. The Labute approximate surface area is 139 Å². The number of anilines is 1. The van der Waals surface area contributed by atoms with Gasteiger partial charge in [0.05, 0.1) is 12.1 Å². The zero-order chi connectivity index (χ0) is 16.9. The molecule has 128 valence electrons. The van der Waals surface area contributed by atoms with Gasteiger partial charge in [-0.2, -0.15) is 0 Å². The number of hydrogen-bond donors (Lipinski definition) is 3. The van der Waals surface area contributed by atoms with Gasteiger partial charge in [-0.25, -0.2) is 4.79 Å². The molecule has 1 unspecified atom stereocenters. The first-order valence-corrected chi connectivity index (χ1v) is 8.47. The van der Waals surface area contributed by atoms with Gasteiger partial charge >= 0.3 is 6.03 Å². The molecule has 1 aliphatic rings. The van der Waals surface area contributed by atoms with E-state index in [2.05, 4.69) is 40.8 Å². The average Bonchev–Trinajstić information content (AvgIpc) is 2.53. The highest BCUT2D eigenvalue weighted by Gasteiger charge is 2.24. The number of rotatable bonds is 6. The van der Waals surface area contributed by atoms with E-state index in [1.807, 2.05) is 13.8 Å². The number of aliphatic hydroxyl groups is 1. The van der Waals surface area contributed by atoms with Crippen molar-refractivity contribution in [2.75, 3.05) is 25.1 Å². The van der Waals surface area contributed by atoms with Gasteiger partial charge in [-0.1, -0.05) is 25.5 Å². The Balaban J connectivity index is 1.92. The Kier molecular flexibility index (Phi) is 5.88. The lowest BCUT2D eigenvalue weighted by atomic mass is 9.97. The first kappa shape index (κ1) is 17.6. The smallest absolute Gasteiger partial charge is 0.315 e. The molecule has 0 bridgehead atoms. The molecule has 0 radical (unpaired) electrons. The molecule has 2 rings (SSSR count). The van der Waals surface area contributed by atoms with Crippen LogP contribution in [0, 0.1) is 0 Å². The van der Waals surface area contributed by atoms with Crippen LogP contribution in [0.4, 0.5) is 10.5 Å². The number of aliphatic hydroxyl groups excluding tert-OH is 1. The summed E-state index contributed by atoms with van der Waals surface area (Å²) in [5, 5.41) is 15.2. The minimum Gasteiger partial charge on any atom is -0.394 e. The molecule has 2 amide bonds. The molecule has 23 heavy (non-hydrogen) atoms. The van der Waals surface area contributed by atoms with E-state index in [1.165, 1.54) is 17.7 Å². The van der Waals surface area contributed by atoms with Crippen LogP contribution in [0.2, 0.25) is 0 Å². The van der Waals surface area contributed by atoms with Crippen molar-refractivity contribution < 1.29 is 9.90 Å². The van der Waals surface area contributed by atoms with Crippen molar-refractivity contribution in [3.8, 4) is 0 Å². The molecule has 0 fully saturated rings. The second-order valence-corrected chi connectivity index (χ2v) is 6.76. The first-order chi connectivity index (χ1) is 11.0. The van der Waals surface area contributed by atoms with Crippen molar-refractivity contribution in [2.45, 2.75) is 51.6 Å². The van der Waals surface area contributed by atoms with E-state index in [1.54, 1.807) is 0 Å². The summed E-state index contributed by atoms with van der Waals surface area (Å²) < 4.78 is 0. The van der Waals surface area contributed by atoms with E-state index in [4.69, 9.17) is 0 Å². The molecule has 1 heterocycles. The van der Waals surface area contributed by atoms with Crippen molar-refractivity contribution in [1.82, 2.24) is 10.6 Å². The molecule has 1 aromatic rings. The molecule has 1 aromatic carbocycles. The van der Waals surface area contributed by atoms with E-state index in [0.717, 1.165) is 31.4 Å². The predicted molar refractivity (Wildman–Crippen MR) is 93.8 cm³/mol. The molecule has 0 spiro atoms. The number of carbonyl (C=O) groups is 1. The second kappa shape index (κ2) is 7.68. The lowest BCUT2D eigenvalue weighted by Crippen LogP contribution is -2.52. The maximum absolute atomic E-state index is 12.1. The van der Waals surface area contributed by atoms with Crippen LogP contribution < -0.4 is 15.5 Å². The zero-order valence-electron chi connectivity index (χ0n) is 14.5. The number of fused-ring (bicyclic) bond motifs is 1. The summed E-state index contributed by atoms with van der Waals surface area (Å²) in [7, 11) is 2.12. The molecule has 0 saturated carbocycles. The van der Waals surface area contributed by atoms with Crippen LogP contribution in [0.5, 0.6) is 0 Å². The number of amides is 2. The second-order valence-electron chi connectivity index (χ2n) is 6.76. The van der Waals surface area contributed by atoms with Crippen LogP contribution in [0.3, 0.4) is 0 Å². The topological polar surface area (TPSA) is 64.6 Å². The highest BCUT2D eigenvalue weighted by Crippen LogP contribution is 2.26. The van der Waals surface area contributed by atoms with Gasteiger partial charge in [0.15, 0.2) is 0 Å². The zero-order valence-corrected chi connectivity index (χ0v) is 14.5. The van der Waals surface area contributed by atoms with Crippen LogP contribution in [0.1, 0.15) is 44.2 Å². The van der Waals surface area contributed by atoms with Crippen molar-refractivity contribution in [2.24, 2.45) is 0 Å². The first-order valence-electron chi connectivity index (χ1n) is 8.47. The van der Waals surface area contributed by atoms with Crippen molar-refractivity contribution in [1.29, 1.82) is 0 Å². The number of nitrogens with zero attached hydrogens (tertiary/aromatic N) is 1. The summed E-state index contributed by atoms with van der Waals surface area (Å²) >= 11 is 0. The number of aryl methyl sites for hydroxylation is 1. The van der Waals surface area contributed by atoms with Crippen LogP contribution in [-0.4, -0.2) is 36.9 Å². The molecule has 0 aromatic heterocycles. The van der Waals surface area contributed by atoms with E-state index >= 15 is 0 Å². The SMILES string of the molecule is CCCC(C)(CO)NC(=O)NCc1ccc2c(c1)CCCN2C. The molecule has 5 heteroatoms. The molecule has 1 aliphatic heterocycles. The van der Waals surface area contributed by atoms with Gasteiger partial charge in [0.1, 0.15) is 0 Å². The number of nitrogens with one attached hydrogen (secondary N) is 2. The summed E-state index contributed by atoms with van der Waals surface area (Å²) in [5.74, 6) is 0. The number of carbonyl (C=O) groups excluding carboxylic acids is 1. The third-order valence-electron chi connectivity index (χ3n) is 4.51. The maximum atomic E-state index is 12.1. The molecule has 3 N–H and O–H groups in total. The Morgan fingerprint density at radius 2 is 2.22 bits per heavy atom. The lowest BCUT2D eigenvalue weighted by Gasteiger charge is -2.29. The summed E-state index contributed by atoms with van der Waals surface area (Å²) in [6, 6.07) is 6.16. The summed E-state index contributed by atoms with van der Waals surface area (Å²) in [5.41, 5.74) is 3.19. The van der Waals surface area contributed by atoms with Crippen LogP contribution >= 0.6 is 0 Å². The van der Waals surface area contributed by atoms with Gasteiger partial charge in [0, 0.05) is 25.8 Å². The molecule has 0 aliphatic carbocycles. The minimum absolute atomic E-state index is 0.0561. The fourth-order valence-corrected chi connectivity index (χ4v) is 3.18. The Morgan fingerprint density at radius 3 is 2.91 bits per heavy atom. The largest absolute Gasteiger partial charge is 0.394 e. The average molecular weight is 319 g/mol. The van der Waals surface area contributed by atoms with E-state index in [0.29, 0.717) is 6.54 Å². The third kappa shape index (κ3) is 4.61. The Bertz CT molecular complexity index is 547. The molecule has 1 atom stereocenters. The van der Waals surface area contributed by atoms with Crippen LogP contribution in [0.25, 0.3) is 0 Å². The minimum atomic E-state index is -0.558. The van der Waals surface area contributed by atoms with Crippen molar-refractivity contribution in [3.63, 3.8) is 0 Å². The van der Waals surface area contributed by atoms with Gasteiger partial charge in [0.2, 0.25) is 0 Å². The number of benzene rings is 1. The summed E-state index contributed by atoms with van der Waals surface area (Å²) in [6.07, 6.45) is 3.93. The quantitative estimate of drug-likeness (QED) is 0.754. The monoisotopic (exact) mass is 319 g/mol. The van der Waals surface area contributed by atoms with Crippen LogP contribution in [-0.2, 0) is 13.0 Å². The van der Waals surface area contributed by atoms with E-state index in [9.17, 15) is 9.90 Å². The van der Waals surface area contributed by atoms with Crippen molar-refractivity contribution >= 4 is 11.7 Å². The van der Waals surface area contributed by atoms with E-state index in [-0.39, 0.29) is 12.6 Å². The predicted octanol–water partition coefficient (Wildman–Crippen LogP) is 2.42. The van der Waals surface area contributed by atoms with Gasteiger partial charge in [0.25, 0.3) is 0 Å². The molecule has 5 nitrogen and oxygen atoms in total. The summed E-state index contributed by atoms with van der Waals surface area (Å²) in [6.45, 7) is 5.45. The summed E-state index contributed by atoms with van der Waals surface area (Å²) in [4.78, 5) is 14.3. The van der Waals surface area contributed by atoms with Gasteiger partial charge in [-0.15, -0.1) is 0 Å². The molecule has 0 saturated heterocycles. The Hall–Kier alpha value is -1.75. The highest BCUT2D eigenvalue weighted by molar-refractivity contribution is 5.74. The normalized spacial score (nSPS) is 16.4. The lowest BCUT2D eigenvalue weighted by molar-refractivity contribution is 0.163. The van der Waals surface area contributed by atoms with Gasteiger partial charge in [-0.3, -0.25) is 0 Å². The standard InChI is InChI=1S/C18H29N3O2/c1-4-9-18(2,13-22)20-17(23)19-12-14-7-8-16-15(11-14)6-5-10-21(16)3/h7-8,11,22H,4-6,9-10,12-13H2,1-3H3,(H2,19,20,23). The maximum Gasteiger partial charge on any atom is 0.315 e. The van der Waals surface area contributed by atoms with Crippen molar-refractivity contribution in [3.05, 3.63) is 29.3 Å². The highest BCUT2D eigenvalue weighted by atomic mass is 16.3. The Morgan fingerprint density at radius 1 is 1.43 bits per heavy atom. The van der Waals surface area contributed by atoms with E-state index < -0.39 is 5.54 Å².